The standard InChI is InChI=1S/C22H27FN6.ClH/c1-3-10-29-16-19(17(2)26-29)15-27-11-13-28(14-12-27)22-21(24-8-9-25-22)18-4-6-20(23)7-5-18;/h4-9,16H,3,10-15H2,1-2H3;1H. The van der Waals surface area contributed by atoms with Crippen molar-refractivity contribution in [1.82, 2.24) is 24.6 Å². The molecule has 0 bridgehead atoms. The lowest BCUT2D eigenvalue weighted by Crippen LogP contribution is -2.46. The van der Waals surface area contributed by atoms with Gasteiger partial charge in [0.15, 0.2) is 5.82 Å². The van der Waals surface area contributed by atoms with Gasteiger partial charge in [0.1, 0.15) is 11.5 Å². The van der Waals surface area contributed by atoms with Gasteiger partial charge in [0.2, 0.25) is 0 Å². The highest BCUT2D eigenvalue weighted by Gasteiger charge is 2.22. The van der Waals surface area contributed by atoms with Gasteiger partial charge in [0, 0.05) is 69.0 Å². The van der Waals surface area contributed by atoms with E-state index in [2.05, 4.69) is 49.6 Å². The molecule has 0 atom stereocenters. The summed E-state index contributed by atoms with van der Waals surface area (Å²) >= 11 is 0. The Hall–Kier alpha value is -2.51. The molecule has 30 heavy (non-hydrogen) atoms. The molecule has 1 aliphatic heterocycles. The lowest BCUT2D eigenvalue weighted by Gasteiger charge is -2.35. The topological polar surface area (TPSA) is 50.1 Å². The molecule has 8 heteroatoms. The fourth-order valence-electron chi connectivity index (χ4n) is 3.79. The first-order valence-electron chi connectivity index (χ1n) is 10.2. The Balaban J connectivity index is 0.00000256. The van der Waals surface area contributed by atoms with Crippen LogP contribution in [0, 0.1) is 12.7 Å². The van der Waals surface area contributed by atoms with Crippen molar-refractivity contribution >= 4 is 18.2 Å². The number of hydrogen-bond donors (Lipinski definition) is 0. The van der Waals surface area contributed by atoms with Gasteiger partial charge in [-0.15, -0.1) is 12.4 Å². The fourth-order valence-corrected chi connectivity index (χ4v) is 3.79. The van der Waals surface area contributed by atoms with E-state index in [9.17, 15) is 4.39 Å². The van der Waals surface area contributed by atoms with Crippen LogP contribution in [-0.4, -0.2) is 50.8 Å². The van der Waals surface area contributed by atoms with Gasteiger partial charge in [-0.2, -0.15) is 5.10 Å². The monoisotopic (exact) mass is 430 g/mol. The third kappa shape index (κ3) is 4.96. The highest BCUT2D eigenvalue weighted by atomic mass is 35.5. The van der Waals surface area contributed by atoms with Crippen LogP contribution in [0.15, 0.2) is 42.9 Å². The Bertz CT molecular complexity index is 951. The minimum Gasteiger partial charge on any atom is -0.352 e. The number of aryl methyl sites for hydroxylation is 2. The van der Waals surface area contributed by atoms with Crippen molar-refractivity contribution in [2.45, 2.75) is 33.4 Å². The van der Waals surface area contributed by atoms with E-state index < -0.39 is 0 Å². The van der Waals surface area contributed by atoms with Gasteiger partial charge in [0.05, 0.1) is 5.69 Å². The second-order valence-corrected chi connectivity index (χ2v) is 7.50. The zero-order valence-electron chi connectivity index (χ0n) is 17.5. The number of rotatable bonds is 6. The minimum absolute atomic E-state index is 0. The van der Waals surface area contributed by atoms with Crippen LogP contribution in [0.2, 0.25) is 0 Å². The molecule has 160 valence electrons. The van der Waals surface area contributed by atoms with Gasteiger partial charge in [-0.05, 0) is 37.6 Å². The van der Waals surface area contributed by atoms with E-state index in [0.717, 1.165) is 68.5 Å². The van der Waals surface area contributed by atoms with Crippen LogP contribution in [0.1, 0.15) is 24.6 Å². The molecule has 0 unspecified atom stereocenters. The first-order valence-corrected chi connectivity index (χ1v) is 10.2. The summed E-state index contributed by atoms with van der Waals surface area (Å²) in [5.41, 5.74) is 4.11. The van der Waals surface area contributed by atoms with Crippen LogP contribution >= 0.6 is 12.4 Å². The summed E-state index contributed by atoms with van der Waals surface area (Å²) in [5.74, 6) is 0.621. The normalized spacial score (nSPS) is 14.6. The highest BCUT2D eigenvalue weighted by Crippen LogP contribution is 2.27. The second kappa shape index (κ2) is 10.00. The van der Waals surface area contributed by atoms with Crippen LogP contribution in [-0.2, 0) is 13.1 Å². The first kappa shape index (κ1) is 22.2. The molecule has 3 aromatic rings. The number of aromatic nitrogens is 4. The average Bonchev–Trinajstić information content (AvgIpc) is 3.08. The maximum absolute atomic E-state index is 13.3. The number of anilines is 1. The number of hydrogen-bond acceptors (Lipinski definition) is 5. The highest BCUT2D eigenvalue weighted by molar-refractivity contribution is 5.85. The summed E-state index contributed by atoms with van der Waals surface area (Å²) in [6.07, 6.45) is 6.68. The molecule has 0 amide bonds. The van der Waals surface area contributed by atoms with E-state index in [0.29, 0.717) is 0 Å². The molecule has 0 spiro atoms. The predicted molar refractivity (Wildman–Crippen MR) is 119 cm³/mol. The molecule has 6 nitrogen and oxygen atoms in total. The quantitative estimate of drug-likeness (QED) is 0.592. The third-order valence-corrected chi connectivity index (χ3v) is 5.36. The zero-order valence-corrected chi connectivity index (χ0v) is 18.3. The lowest BCUT2D eigenvalue weighted by molar-refractivity contribution is 0.249. The molecule has 0 aliphatic carbocycles. The van der Waals surface area contributed by atoms with Crippen molar-refractivity contribution in [1.29, 1.82) is 0 Å². The summed E-state index contributed by atoms with van der Waals surface area (Å²) in [4.78, 5) is 13.8. The molecule has 1 aliphatic rings. The van der Waals surface area contributed by atoms with Gasteiger partial charge < -0.3 is 4.90 Å². The van der Waals surface area contributed by atoms with Gasteiger partial charge in [-0.1, -0.05) is 6.92 Å². The molecule has 3 heterocycles. The van der Waals surface area contributed by atoms with E-state index in [1.165, 1.54) is 17.7 Å². The second-order valence-electron chi connectivity index (χ2n) is 7.50. The largest absolute Gasteiger partial charge is 0.352 e. The van der Waals surface area contributed by atoms with Gasteiger partial charge in [0.25, 0.3) is 0 Å². The Morgan fingerprint density at radius 1 is 1.00 bits per heavy atom. The van der Waals surface area contributed by atoms with Gasteiger partial charge in [-0.3, -0.25) is 14.6 Å². The minimum atomic E-state index is -0.245. The van der Waals surface area contributed by atoms with Crippen LogP contribution in [0.3, 0.4) is 0 Å². The summed E-state index contributed by atoms with van der Waals surface area (Å²) in [7, 11) is 0. The summed E-state index contributed by atoms with van der Waals surface area (Å²) in [6.45, 7) is 9.83. The van der Waals surface area contributed by atoms with Gasteiger partial charge >= 0.3 is 0 Å². The van der Waals surface area contributed by atoms with Crippen molar-refractivity contribution in [2.75, 3.05) is 31.1 Å². The third-order valence-electron chi connectivity index (χ3n) is 5.36. The number of benzene rings is 1. The predicted octanol–water partition coefficient (Wildman–Crippen LogP) is 3.94. The molecule has 0 radical (unpaired) electrons. The van der Waals surface area contributed by atoms with E-state index in [-0.39, 0.29) is 18.2 Å². The maximum Gasteiger partial charge on any atom is 0.155 e. The summed E-state index contributed by atoms with van der Waals surface area (Å²) < 4.78 is 15.3. The lowest BCUT2D eigenvalue weighted by atomic mass is 10.1. The van der Waals surface area contributed by atoms with Crippen LogP contribution in [0.5, 0.6) is 0 Å². The van der Waals surface area contributed by atoms with Crippen molar-refractivity contribution in [2.24, 2.45) is 0 Å². The van der Waals surface area contributed by atoms with Gasteiger partial charge in [-0.25, -0.2) is 9.37 Å². The fraction of sp³-hybridized carbons (Fsp3) is 0.409. The van der Waals surface area contributed by atoms with Crippen LogP contribution in [0.25, 0.3) is 11.3 Å². The molecule has 2 aromatic heterocycles. The molecular weight excluding hydrogens is 403 g/mol. The number of halogens is 2. The first-order chi connectivity index (χ1) is 14.1. The van der Waals surface area contributed by atoms with E-state index >= 15 is 0 Å². The molecule has 1 fully saturated rings. The Morgan fingerprint density at radius 2 is 1.70 bits per heavy atom. The van der Waals surface area contributed by atoms with E-state index in [4.69, 9.17) is 0 Å². The Labute approximate surface area is 183 Å². The summed E-state index contributed by atoms with van der Waals surface area (Å²) in [6, 6.07) is 6.45. The molecular formula is C22H28ClFN6. The molecule has 1 aromatic carbocycles. The molecule has 0 N–H and O–H groups in total. The zero-order chi connectivity index (χ0) is 20.2. The Morgan fingerprint density at radius 3 is 2.40 bits per heavy atom. The van der Waals surface area contributed by atoms with Crippen LogP contribution < -0.4 is 4.90 Å². The van der Waals surface area contributed by atoms with Crippen LogP contribution in [0.4, 0.5) is 10.2 Å². The molecule has 0 saturated carbocycles. The van der Waals surface area contributed by atoms with E-state index in [1.54, 1.807) is 24.5 Å². The molecule has 1 saturated heterocycles. The SMILES string of the molecule is CCCn1cc(CN2CCN(c3nccnc3-c3ccc(F)cc3)CC2)c(C)n1.Cl. The average molecular weight is 431 g/mol. The number of nitrogens with zero attached hydrogens (tertiary/aromatic N) is 6. The van der Waals surface area contributed by atoms with Crippen molar-refractivity contribution in [3.8, 4) is 11.3 Å². The van der Waals surface area contributed by atoms with Crippen molar-refractivity contribution < 1.29 is 4.39 Å². The smallest absolute Gasteiger partial charge is 0.155 e. The van der Waals surface area contributed by atoms with E-state index in [1.807, 2.05) is 0 Å². The Kier molecular flexibility index (Phi) is 7.39. The summed E-state index contributed by atoms with van der Waals surface area (Å²) in [5, 5.41) is 4.61. The maximum atomic E-state index is 13.3. The van der Waals surface area contributed by atoms with Crippen molar-refractivity contribution in [3.63, 3.8) is 0 Å². The van der Waals surface area contributed by atoms with Crippen molar-refractivity contribution in [3.05, 3.63) is 59.9 Å². The number of piperazine rings is 1. The molecule has 4 rings (SSSR count).